The van der Waals surface area contributed by atoms with Gasteiger partial charge in [-0.2, -0.15) is 0 Å². The van der Waals surface area contributed by atoms with Crippen LogP contribution in [-0.2, 0) is 28.6 Å². The number of ether oxygens (including phenoxy) is 3. The normalized spacial score (nSPS) is 39.2. The molecule has 2 heterocycles. The standard InChI is InChI=1S/C27H35NO8/c1-14(29)35-17-11-26(2)16(7-8-18(26)30)20-22(17)27(3)19(13-34-4)36-25(33)15(12-28-9-5-6-10-28)21(27)24(32)23(20)31/h12,16-19,30,32H,5-11,13H2,1-4H3/b15-12+/t16?,17-,18+,19-,26+,27+/m1/s1. The number of aliphatic hydroxyl groups is 2. The van der Waals surface area contributed by atoms with Crippen molar-refractivity contribution in [2.75, 3.05) is 26.8 Å². The molecular weight excluding hydrogens is 466 g/mol. The first-order valence-electron chi connectivity index (χ1n) is 12.8. The topological polar surface area (TPSA) is 123 Å². The second-order valence-electron chi connectivity index (χ2n) is 11.2. The Morgan fingerprint density at radius 1 is 1.22 bits per heavy atom. The van der Waals surface area contributed by atoms with E-state index in [9.17, 15) is 24.6 Å². The van der Waals surface area contributed by atoms with Gasteiger partial charge in [-0.3, -0.25) is 9.59 Å². The molecule has 5 rings (SSSR count). The third kappa shape index (κ3) is 3.46. The maximum atomic E-state index is 13.9. The van der Waals surface area contributed by atoms with Crippen molar-refractivity contribution in [1.82, 2.24) is 4.90 Å². The molecule has 2 N–H and O–H groups in total. The van der Waals surface area contributed by atoms with Gasteiger partial charge in [-0.25, -0.2) is 4.79 Å². The highest BCUT2D eigenvalue weighted by Gasteiger charge is 2.64. The van der Waals surface area contributed by atoms with E-state index in [1.165, 1.54) is 14.0 Å². The molecule has 9 heteroatoms. The summed E-state index contributed by atoms with van der Waals surface area (Å²) in [5.41, 5.74) is -0.596. The lowest BCUT2D eigenvalue weighted by atomic mass is 9.53. The molecule has 5 aliphatic rings. The van der Waals surface area contributed by atoms with Crippen LogP contribution in [0.4, 0.5) is 0 Å². The summed E-state index contributed by atoms with van der Waals surface area (Å²) < 4.78 is 17.2. The summed E-state index contributed by atoms with van der Waals surface area (Å²) in [4.78, 5) is 41.4. The van der Waals surface area contributed by atoms with E-state index in [1.54, 1.807) is 6.20 Å². The third-order valence-corrected chi connectivity index (χ3v) is 9.11. The summed E-state index contributed by atoms with van der Waals surface area (Å²) >= 11 is 0. The molecule has 36 heavy (non-hydrogen) atoms. The molecule has 3 aliphatic carbocycles. The molecule has 0 aromatic heterocycles. The Kier molecular flexibility index (Phi) is 6.07. The Morgan fingerprint density at radius 3 is 2.56 bits per heavy atom. The van der Waals surface area contributed by atoms with Crippen molar-refractivity contribution in [3.63, 3.8) is 0 Å². The van der Waals surface area contributed by atoms with E-state index in [2.05, 4.69) is 0 Å². The fraction of sp³-hybridized carbons (Fsp3) is 0.667. The van der Waals surface area contributed by atoms with Crippen molar-refractivity contribution >= 4 is 17.7 Å². The number of Topliss-reactive ketones (excluding diaryl/α,β-unsaturated/α-hetero) is 1. The minimum Gasteiger partial charge on any atom is -0.504 e. The molecule has 9 nitrogen and oxygen atoms in total. The molecule has 0 spiro atoms. The van der Waals surface area contributed by atoms with Gasteiger partial charge in [0.2, 0.25) is 5.78 Å². The van der Waals surface area contributed by atoms with E-state index < -0.39 is 52.6 Å². The number of cyclic esters (lactones) is 1. The minimum atomic E-state index is -1.17. The van der Waals surface area contributed by atoms with Gasteiger partial charge in [0.25, 0.3) is 0 Å². The second kappa shape index (κ2) is 8.73. The first-order valence-corrected chi connectivity index (χ1v) is 12.8. The molecule has 0 bridgehead atoms. The summed E-state index contributed by atoms with van der Waals surface area (Å²) in [6.45, 7) is 6.61. The monoisotopic (exact) mass is 501 g/mol. The van der Waals surface area contributed by atoms with Gasteiger partial charge in [0.15, 0.2) is 5.76 Å². The number of hydrogen-bond acceptors (Lipinski definition) is 9. The van der Waals surface area contributed by atoms with Crippen LogP contribution in [0.25, 0.3) is 0 Å². The highest BCUT2D eigenvalue weighted by Crippen LogP contribution is 2.63. The van der Waals surface area contributed by atoms with E-state index in [4.69, 9.17) is 14.2 Å². The van der Waals surface area contributed by atoms with Crippen LogP contribution in [-0.4, -0.2) is 78.0 Å². The van der Waals surface area contributed by atoms with E-state index in [-0.39, 0.29) is 23.7 Å². The van der Waals surface area contributed by atoms with Gasteiger partial charge in [-0.05, 0) is 50.5 Å². The van der Waals surface area contributed by atoms with Crippen LogP contribution < -0.4 is 0 Å². The van der Waals surface area contributed by atoms with Crippen LogP contribution in [0.5, 0.6) is 0 Å². The van der Waals surface area contributed by atoms with Crippen LogP contribution in [0.3, 0.4) is 0 Å². The Bertz CT molecular complexity index is 1100. The van der Waals surface area contributed by atoms with E-state index in [0.717, 1.165) is 25.9 Å². The van der Waals surface area contributed by atoms with Crippen LogP contribution in [0.15, 0.2) is 34.3 Å². The summed E-state index contributed by atoms with van der Waals surface area (Å²) in [7, 11) is 1.49. The van der Waals surface area contributed by atoms with E-state index in [0.29, 0.717) is 30.4 Å². The molecule has 0 aromatic rings. The lowest BCUT2D eigenvalue weighted by Crippen LogP contribution is -2.57. The first kappa shape index (κ1) is 25.0. The molecule has 2 saturated heterocycles. The van der Waals surface area contributed by atoms with E-state index in [1.807, 2.05) is 18.7 Å². The van der Waals surface area contributed by atoms with Crippen molar-refractivity contribution in [2.45, 2.75) is 71.2 Å². The van der Waals surface area contributed by atoms with Crippen molar-refractivity contribution in [3.8, 4) is 0 Å². The van der Waals surface area contributed by atoms with Crippen molar-refractivity contribution in [3.05, 3.63) is 34.3 Å². The zero-order chi connectivity index (χ0) is 26.0. The molecule has 3 fully saturated rings. The quantitative estimate of drug-likeness (QED) is 0.441. The Hall–Kier alpha value is -2.65. The molecule has 1 saturated carbocycles. The number of carbonyl (C=O) groups is 3. The average Bonchev–Trinajstić information content (AvgIpc) is 3.42. The van der Waals surface area contributed by atoms with Gasteiger partial charge in [0.1, 0.15) is 12.2 Å². The number of hydrogen-bond donors (Lipinski definition) is 2. The van der Waals surface area contributed by atoms with Crippen molar-refractivity contribution in [1.29, 1.82) is 0 Å². The Morgan fingerprint density at radius 2 is 1.92 bits per heavy atom. The van der Waals surface area contributed by atoms with Gasteiger partial charge < -0.3 is 29.3 Å². The molecule has 6 atom stereocenters. The third-order valence-electron chi connectivity index (χ3n) is 9.11. The van der Waals surface area contributed by atoms with Crippen molar-refractivity contribution < 1.29 is 38.8 Å². The molecule has 0 amide bonds. The maximum Gasteiger partial charge on any atom is 0.340 e. The number of ketones is 1. The summed E-state index contributed by atoms with van der Waals surface area (Å²) in [5, 5.41) is 22.4. The summed E-state index contributed by atoms with van der Waals surface area (Å²) in [6.07, 6.45) is 2.70. The van der Waals surface area contributed by atoms with Gasteiger partial charge in [-0.1, -0.05) is 6.92 Å². The smallest absolute Gasteiger partial charge is 0.340 e. The highest BCUT2D eigenvalue weighted by molar-refractivity contribution is 6.13. The fourth-order valence-electron chi connectivity index (χ4n) is 7.33. The lowest BCUT2D eigenvalue weighted by Gasteiger charge is -2.54. The molecule has 1 unspecified atom stereocenters. The van der Waals surface area contributed by atoms with Gasteiger partial charge >= 0.3 is 11.9 Å². The van der Waals surface area contributed by atoms with Crippen molar-refractivity contribution in [2.24, 2.45) is 16.7 Å². The summed E-state index contributed by atoms with van der Waals surface area (Å²) in [5.74, 6) is -2.51. The summed E-state index contributed by atoms with van der Waals surface area (Å²) in [6, 6.07) is 0. The van der Waals surface area contributed by atoms with Crippen LogP contribution >= 0.6 is 0 Å². The zero-order valence-corrected chi connectivity index (χ0v) is 21.3. The van der Waals surface area contributed by atoms with Crippen LogP contribution in [0.1, 0.15) is 52.9 Å². The largest absolute Gasteiger partial charge is 0.504 e. The fourth-order valence-corrected chi connectivity index (χ4v) is 7.33. The van der Waals surface area contributed by atoms with Gasteiger partial charge in [-0.15, -0.1) is 0 Å². The zero-order valence-electron chi connectivity index (χ0n) is 21.3. The van der Waals surface area contributed by atoms with E-state index >= 15 is 0 Å². The second-order valence-corrected chi connectivity index (χ2v) is 11.2. The lowest BCUT2D eigenvalue weighted by molar-refractivity contribution is -0.161. The first-order chi connectivity index (χ1) is 17.0. The Balaban J connectivity index is 1.76. The SMILES string of the molecule is COC[C@H]1OC(=O)/C(=C/N2CCCC2)C2=C(O)C(=O)C3=C([C@H](OC(C)=O)C[C@@]4(C)C3CC[C@@H]4O)[C@]21C. The number of allylic oxidation sites excluding steroid dienone is 1. The predicted octanol–water partition coefficient (Wildman–Crippen LogP) is 2.35. The van der Waals surface area contributed by atoms with Gasteiger partial charge in [0.05, 0.1) is 23.7 Å². The number of fused-ring (bicyclic) bond motifs is 4. The molecule has 0 aromatic carbocycles. The molecule has 196 valence electrons. The average molecular weight is 502 g/mol. The highest BCUT2D eigenvalue weighted by atomic mass is 16.6. The number of esters is 2. The van der Waals surface area contributed by atoms with Crippen LogP contribution in [0, 0.1) is 16.7 Å². The molecular formula is C27H35NO8. The number of methoxy groups -OCH3 is 1. The maximum absolute atomic E-state index is 13.9. The molecule has 2 aliphatic heterocycles. The predicted molar refractivity (Wildman–Crippen MR) is 127 cm³/mol. The van der Waals surface area contributed by atoms with Crippen LogP contribution in [0.2, 0.25) is 0 Å². The minimum absolute atomic E-state index is 0.0261. The number of aliphatic hydroxyl groups excluding tert-OH is 2. The number of rotatable bonds is 4. The molecule has 0 radical (unpaired) electrons. The number of nitrogens with zero attached hydrogens (tertiary/aromatic N) is 1. The number of carbonyl (C=O) groups excluding carboxylic acids is 3. The number of likely N-dealkylation sites (tertiary alicyclic amines) is 1. The Labute approximate surface area is 210 Å². The van der Waals surface area contributed by atoms with Gasteiger partial charge in [0, 0.05) is 49.9 Å².